The molecule has 2 heteroatoms. The Morgan fingerprint density at radius 3 is 2.94 bits per heavy atom. The lowest BCUT2D eigenvalue weighted by molar-refractivity contribution is 0.299. The molecule has 0 spiro atoms. The van der Waals surface area contributed by atoms with Crippen LogP contribution in [0.5, 0.6) is 5.75 Å². The van der Waals surface area contributed by atoms with Crippen molar-refractivity contribution < 1.29 is 4.74 Å². The van der Waals surface area contributed by atoms with Crippen LogP contribution in [0.4, 0.5) is 0 Å². The van der Waals surface area contributed by atoms with Gasteiger partial charge in [-0.3, -0.25) is 0 Å². The molecule has 1 fully saturated rings. The summed E-state index contributed by atoms with van der Waals surface area (Å²) in [6.07, 6.45) is 3.71. The quantitative estimate of drug-likeness (QED) is 0.798. The molecular weight excluding hydrogens is 198 g/mol. The summed E-state index contributed by atoms with van der Waals surface area (Å²) in [5, 5.41) is 0. The molecule has 88 valence electrons. The van der Waals surface area contributed by atoms with Crippen molar-refractivity contribution in [2.24, 2.45) is 11.7 Å². The molecule has 0 aromatic heterocycles. The van der Waals surface area contributed by atoms with Crippen LogP contribution in [0.15, 0.2) is 24.3 Å². The summed E-state index contributed by atoms with van der Waals surface area (Å²) >= 11 is 0. The zero-order valence-electron chi connectivity index (χ0n) is 9.99. The van der Waals surface area contributed by atoms with Gasteiger partial charge in [-0.1, -0.05) is 19.1 Å². The molecule has 1 atom stereocenters. The van der Waals surface area contributed by atoms with Crippen molar-refractivity contribution in [1.29, 1.82) is 0 Å². The molecule has 0 bridgehead atoms. The maximum atomic E-state index is 5.77. The minimum absolute atomic E-state index is 0.523. The lowest BCUT2D eigenvalue weighted by atomic mass is 9.98. The van der Waals surface area contributed by atoms with E-state index in [0.29, 0.717) is 5.92 Å². The Bertz CT molecular complexity index is 333. The van der Waals surface area contributed by atoms with Crippen LogP contribution in [0.3, 0.4) is 0 Å². The van der Waals surface area contributed by atoms with Gasteiger partial charge in [-0.15, -0.1) is 0 Å². The highest BCUT2D eigenvalue weighted by atomic mass is 16.5. The standard InChI is InChI=1S/C14H21NO/c1-11(7-8-15)13-3-2-4-14(9-13)16-10-12-5-6-12/h2-4,9,11-12H,5-8,10,15H2,1H3. The summed E-state index contributed by atoms with van der Waals surface area (Å²) in [6.45, 7) is 3.84. The van der Waals surface area contributed by atoms with Gasteiger partial charge in [0.25, 0.3) is 0 Å². The molecule has 0 radical (unpaired) electrons. The summed E-state index contributed by atoms with van der Waals surface area (Å²) in [4.78, 5) is 0. The van der Waals surface area contributed by atoms with Crippen LogP contribution in [-0.2, 0) is 0 Å². The zero-order valence-corrected chi connectivity index (χ0v) is 9.99. The maximum Gasteiger partial charge on any atom is 0.119 e. The van der Waals surface area contributed by atoms with Crippen LogP contribution in [0.25, 0.3) is 0 Å². The van der Waals surface area contributed by atoms with Crippen molar-refractivity contribution in [3.05, 3.63) is 29.8 Å². The van der Waals surface area contributed by atoms with Gasteiger partial charge < -0.3 is 10.5 Å². The minimum atomic E-state index is 0.523. The SMILES string of the molecule is CC(CCN)c1cccc(OCC2CC2)c1. The van der Waals surface area contributed by atoms with Crippen molar-refractivity contribution in [2.45, 2.75) is 32.1 Å². The van der Waals surface area contributed by atoms with Gasteiger partial charge >= 0.3 is 0 Å². The fraction of sp³-hybridized carbons (Fsp3) is 0.571. The Kier molecular flexibility index (Phi) is 3.83. The molecule has 1 aromatic rings. The van der Waals surface area contributed by atoms with E-state index in [0.717, 1.165) is 31.2 Å². The summed E-state index contributed by atoms with van der Waals surface area (Å²) in [7, 11) is 0. The maximum absolute atomic E-state index is 5.77. The summed E-state index contributed by atoms with van der Waals surface area (Å²) in [6, 6.07) is 8.43. The first-order valence-electron chi connectivity index (χ1n) is 6.22. The molecule has 1 saturated carbocycles. The van der Waals surface area contributed by atoms with E-state index in [2.05, 4.69) is 25.1 Å². The van der Waals surface area contributed by atoms with Crippen LogP contribution in [-0.4, -0.2) is 13.2 Å². The number of ether oxygens (including phenoxy) is 1. The second-order valence-electron chi connectivity index (χ2n) is 4.81. The van der Waals surface area contributed by atoms with Crippen molar-refractivity contribution in [1.82, 2.24) is 0 Å². The molecule has 1 aliphatic rings. The van der Waals surface area contributed by atoms with Gasteiger partial charge in [-0.25, -0.2) is 0 Å². The summed E-state index contributed by atoms with van der Waals surface area (Å²) < 4.78 is 5.77. The first-order chi connectivity index (χ1) is 7.79. The van der Waals surface area contributed by atoms with E-state index in [1.165, 1.54) is 18.4 Å². The molecule has 0 amide bonds. The van der Waals surface area contributed by atoms with Gasteiger partial charge in [0.15, 0.2) is 0 Å². The average molecular weight is 219 g/mol. The molecule has 1 unspecified atom stereocenters. The molecule has 2 N–H and O–H groups in total. The van der Waals surface area contributed by atoms with Gasteiger partial charge in [-0.05, 0) is 55.3 Å². The number of hydrogen-bond donors (Lipinski definition) is 1. The Morgan fingerprint density at radius 1 is 1.44 bits per heavy atom. The average Bonchev–Trinajstić information content (AvgIpc) is 3.11. The van der Waals surface area contributed by atoms with Crippen molar-refractivity contribution >= 4 is 0 Å². The topological polar surface area (TPSA) is 35.2 Å². The van der Waals surface area contributed by atoms with E-state index in [-0.39, 0.29) is 0 Å². The van der Waals surface area contributed by atoms with Crippen molar-refractivity contribution in [2.75, 3.05) is 13.2 Å². The molecule has 0 saturated heterocycles. The Morgan fingerprint density at radius 2 is 2.25 bits per heavy atom. The predicted octanol–water partition coefficient (Wildman–Crippen LogP) is 2.93. The summed E-state index contributed by atoms with van der Waals surface area (Å²) in [5.41, 5.74) is 6.91. The highest BCUT2D eigenvalue weighted by Gasteiger charge is 2.21. The van der Waals surface area contributed by atoms with Crippen LogP contribution < -0.4 is 10.5 Å². The van der Waals surface area contributed by atoms with Gasteiger partial charge in [0.1, 0.15) is 5.75 Å². The third-order valence-electron chi connectivity index (χ3n) is 3.21. The lowest BCUT2D eigenvalue weighted by Gasteiger charge is -2.12. The van der Waals surface area contributed by atoms with Crippen molar-refractivity contribution in [3.8, 4) is 5.75 Å². The van der Waals surface area contributed by atoms with Gasteiger partial charge in [0.05, 0.1) is 6.61 Å². The Hall–Kier alpha value is -1.02. The molecule has 2 rings (SSSR count). The Balaban J connectivity index is 1.94. The molecule has 1 aliphatic carbocycles. The highest BCUT2D eigenvalue weighted by Crippen LogP contribution is 2.30. The fourth-order valence-electron chi connectivity index (χ4n) is 1.83. The largest absolute Gasteiger partial charge is 0.493 e. The van der Waals surface area contributed by atoms with Gasteiger partial charge in [0, 0.05) is 0 Å². The summed E-state index contributed by atoms with van der Waals surface area (Å²) in [5.74, 6) is 2.34. The number of benzene rings is 1. The molecule has 1 aromatic carbocycles. The van der Waals surface area contributed by atoms with Gasteiger partial charge in [-0.2, -0.15) is 0 Å². The minimum Gasteiger partial charge on any atom is -0.493 e. The van der Waals surface area contributed by atoms with E-state index < -0.39 is 0 Å². The van der Waals surface area contributed by atoms with Crippen LogP contribution in [0.1, 0.15) is 37.7 Å². The predicted molar refractivity (Wildman–Crippen MR) is 66.7 cm³/mol. The first-order valence-corrected chi connectivity index (χ1v) is 6.22. The monoisotopic (exact) mass is 219 g/mol. The highest BCUT2D eigenvalue weighted by molar-refractivity contribution is 5.30. The fourth-order valence-corrected chi connectivity index (χ4v) is 1.83. The van der Waals surface area contributed by atoms with Gasteiger partial charge in [0.2, 0.25) is 0 Å². The van der Waals surface area contributed by atoms with E-state index in [4.69, 9.17) is 10.5 Å². The third-order valence-corrected chi connectivity index (χ3v) is 3.21. The normalized spacial score (nSPS) is 17.1. The van der Waals surface area contributed by atoms with E-state index in [1.54, 1.807) is 0 Å². The van der Waals surface area contributed by atoms with E-state index in [9.17, 15) is 0 Å². The third kappa shape index (κ3) is 3.24. The Labute approximate surface area is 97.8 Å². The molecule has 16 heavy (non-hydrogen) atoms. The first kappa shape index (κ1) is 11.5. The van der Waals surface area contributed by atoms with E-state index in [1.807, 2.05) is 6.07 Å². The number of nitrogens with two attached hydrogens (primary N) is 1. The second-order valence-corrected chi connectivity index (χ2v) is 4.81. The molecule has 0 aliphatic heterocycles. The zero-order chi connectivity index (χ0) is 11.4. The number of hydrogen-bond acceptors (Lipinski definition) is 2. The van der Waals surface area contributed by atoms with Crippen LogP contribution >= 0.6 is 0 Å². The molecule has 0 heterocycles. The lowest BCUT2D eigenvalue weighted by Crippen LogP contribution is -2.05. The smallest absolute Gasteiger partial charge is 0.119 e. The van der Waals surface area contributed by atoms with Crippen LogP contribution in [0, 0.1) is 5.92 Å². The molecule has 2 nitrogen and oxygen atoms in total. The number of rotatable bonds is 6. The molecular formula is C14H21NO. The van der Waals surface area contributed by atoms with E-state index >= 15 is 0 Å². The van der Waals surface area contributed by atoms with Crippen LogP contribution in [0.2, 0.25) is 0 Å². The second kappa shape index (κ2) is 5.35. The van der Waals surface area contributed by atoms with Crippen molar-refractivity contribution in [3.63, 3.8) is 0 Å².